The highest BCUT2D eigenvalue weighted by molar-refractivity contribution is 6.08. The summed E-state index contributed by atoms with van der Waals surface area (Å²) in [5.41, 5.74) is 9.87. The van der Waals surface area contributed by atoms with Crippen LogP contribution in [0.1, 0.15) is 72.4 Å². The molecular weight excluding hydrogens is 554 g/mol. The summed E-state index contributed by atoms with van der Waals surface area (Å²) in [5.74, 6) is -0.471. The van der Waals surface area contributed by atoms with E-state index in [0.717, 1.165) is 34.1 Å². The summed E-state index contributed by atoms with van der Waals surface area (Å²) in [5, 5.41) is 15.7. The lowest BCUT2D eigenvalue weighted by Gasteiger charge is -2.22. The Bertz CT molecular complexity index is 1790. The van der Waals surface area contributed by atoms with Crippen LogP contribution in [0.2, 0.25) is 0 Å². The molecule has 1 aliphatic carbocycles. The lowest BCUT2D eigenvalue weighted by molar-refractivity contribution is -0.111. The molecule has 0 saturated heterocycles. The molecule has 10 nitrogen and oxygen atoms in total. The molecule has 230 valence electrons. The minimum atomic E-state index is -0.814. The minimum absolute atomic E-state index is 0.112. The Kier molecular flexibility index (Phi) is 11.2. The normalized spacial score (nSPS) is 15.9. The molecule has 2 aromatic rings. The van der Waals surface area contributed by atoms with Gasteiger partial charge in [0.2, 0.25) is 11.7 Å². The number of nitrogen functional groups attached to an aromatic ring is 1. The van der Waals surface area contributed by atoms with E-state index < -0.39 is 11.4 Å². The number of nitrogens with two attached hydrogens (primary N) is 1. The number of carbonyl (C=O) groups is 1. The Morgan fingerprint density at radius 2 is 1.84 bits per heavy atom. The third kappa shape index (κ3) is 7.81. The lowest BCUT2D eigenvalue weighted by atomic mass is 10.0. The number of hydrogen-bond donors (Lipinski definition) is 3. The smallest absolute Gasteiger partial charge is 0.359 e. The topological polar surface area (TPSA) is 148 Å². The van der Waals surface area contributed by atoms with Gasteiger partial charge in [0.1, 0.15) is 0 Å². The number of allylic oxidation sites excluding steroid dienone is 9. The van der Waals surface area contributed by atoms with Crippen LogP contribution in [0.15, 0.2) is 92.4 Å². The summed E-state index contributed by atoms with van der Waals surface area (Å²) in [7, 11) is 0. The van der Waals surface area contributed by atoms with Gasteiger partial charge in [0.25, 0.3) is 0 Å². The van der Waals surface area contributed by atoms with Gasteiger partial charge in [-0.25, -0.2) is 14.2 Å². The van der Waals surface area contributed by atoms with Gasteiger partial charge in [0.05, 0.1) is 29.6 Å². The number of nitrogens with one attached hydrogen (secondary N) is 2. The van der Waals surface area contributed by atoms with Crippen LogP contribution in [0, 0.1) is 11.3 Å². The van der Waals surface area contributed by atoms with Crippen molar-refractivity contribution in [2.24, 2.45) is 0 Å². The van der Waals surface area contributed by atoms with E-state index in [0.29, 0.717) is 28.2 Å². The van der Waals surface area contributed by atoms with E-state index in [-0.39, 0.29) is 30.0 Å². The molecule has 0 amide bonds. The van der Waals surface area contributed by atoms with Crippen LogP contribution >= 0.6 is 0 Å². The predicted molar refractivity (Wildman–Crippen MR) is 177 cm³/mol. The first kappa shape index (κ1) is 33.3. The second kappa shape index (κ2) is 14.8. The first-order valence-corrected chi connectivity index (χ1v) is 14.7. The fourth-order valence-electron chi connectivity index (χ4n) is 4.52. The Morgan fingerprint density at radius 3 is 2.45 bits per heavy atom. The number of benzene rings is 1. The number of anilines is 2. The van der Waals surface area contributed by atoms with Gasteiger partial charge in [-0.15, -0.1) is 0 Å². The van der Waals surface area contributed by atoms with Gasteiger partial charge in [0, 0.05) is 23.5 Å². The van der Waals surface area contributed by atoms with E-state index in [4.69, 9.17) is 5.73 Å². The second-order valence-electron chi connectivity index (χ2n) is 10.7. The number of ketones is 1. The molecule has 0 spiro atoms. The van der Waals surface area contributed by atoms with Crippen LogP contribution in [0.3, 0.4) is 0 Å². The Labute approximate surface area is 258 Å². The first-order chi connectivity index (χ1) is 20.9. The highest BCUT2D eigenvalue weighted by Crippen LogP contribution is 2.22. The zero-order valence-electron chi connectivity index (χ0n) is 26.5. The molecule has 3 rings (SSSR count). The molecular formula is C34H41N7O3. The summed E-state index contributed by atoms with van der Waals surface area (Å²) in [6, 6.07) is 6.98. The largest absolute Gasteiger partial charge is 0.398 e. The third-order valence-corrected chi connectivity index (χ3v) is 7.36. The Hall–Kier alpha value is -5.17. The number of nitriles is 1. The second-order valence-corrected chi connectivity index (χ2v) is 10.7. The van der Waals surface area contributed by atoms with E-state index in [1.807, 2.05) is 53.7 Å². The number of carbonyl (C=O) groups excluding carboxylic acids is 1. The quantitative estimate of drug-likeness (QED) is 0.238. The van der Waals surface area contributed by atoms with Crippen molar-refractivity contribution >= 4 is 23.1 Å². The van der Waals surface area contributed by atoms with E-state index in [1.165, 1.54) is 10.6 Å². The van der Waals surface area contributed by atoms with Gasteiger partial charge in [0.15, 0.2) is 0 Å². The molecule has 0 fully saturated rings. The Balaban J connectivity index is 2.21. The SMILES string of the molecule is C/C=C1/C=C(Nc2nc(=O)n(C(/C=C(C)\C=C(/C)CC)=C/C)c(=O)n2Cc2cc(C#N)ccc2N)C(=O)C=C1NC(C)CC. The van der Waals surface area contributed by atoms with Crippen LogP contribution in [0.5, 0.6) is 0 Å². The van der Waals surface area contributed by atoms with E-state index in [1.54, 1.807) is 43.4 Å². The minimum Gasteiger partial charge on any atom is -0.398 e. The van der Waals surface area contributed by atoms with Gasteiger partial charge in [-0.2, -0.15) is 10.2 Å². The molecule has 0 aliphatic heterocycles. The molecule has 1 atom stereocenters. The molecule has 10 heteroatoms. The highest BCUT2D eigenvalue weighted by atomic mass is 16.2. The Morgan fingerprint density at radius 1 is 1.11 bits per heavy atom. The van der Waals surface area contributed by atoms with E-state index in [9.17, 15) is 19.6 Å². The average molecular weight is 596 g/mol. The van der Waals surface area contributed by atoms with Gasteiger partial charge >= 0.3 is 11.4 Å². The summed E-state index contributed by atoms with van der Waals surface area (Å²) in [4.78, 5) is 45.0. The lowest BCUT2D eigenvalue weighted by Crippen LogP contribution is -2.42. The zero-order valence-corrected chi connectivity index (χ0v) is 26.5. The first-order valence-electron chi connectivity index (χ1n) is 14.7. The van der Waals surface area contributed by atoms with Gasteiger partial charge in [-0.3, -0.25) is 9.36 Å². The summed E-state index contributed by atoms with van der Waals surface area (Å²) in [6.45, 7) is 13.5. The monoisotopic (exact) mass is 595 g/mol. The summed E-state index contributed by atoms with van der Waals surface area (Å²) in [6.07, 6.45) is 12.1. The molecule has 0 saturated carbocycles. The number of rotatable bonds is 11. The number of nitrogens with zero attached hydrogens (tertiary/aromatic N) is 4. The van der Waals surface area contributed by atoms with Crippen molar-refractivity contribution in [3.05, 3.63) is 115 Å². The standard InChI is InChI=1S/C34H41N7O3/c1-8-21(5)14-22(6)15-27(11-4)41-33(43)39-32(40(34(41)44)20-26-16-24(19-35)12-13-28(26)36)38-30-17-25(10-3)29(18-31(30)42)37-23(7)9-2/h10-18,23,37H,8-9,20,36H2,1-7H3,(H,38,39,43)/b21-14+,22-15-,25-10-,27-11+. The zero-order chi connectivity index (χ0) is 32.6. The maximum atomic E-state index is 14.1. The maximum absolute atomic E-state index is 14.1. The third-order valence-electron chi connectivity index (χ3n) is 7.36. The van der Waals surface area contributed by atoms with Crippen molar-refractivity contribution in [2.75, 3.05) is 11.1 Å². The van der Waals surface area contributed by atoms with Gasteiger partial charge < -0.3 is 16.4 Å². The molecule has 1 aromatic heterocycles. The molecule has 1 aromatic carbocycles. The van der Waals surface area contributed by atoms with Crippen molar-refractivity contribution in [3.8, 4) is 6.07 Å². The van der Waals surface area contributed by atoms with Crippen molar-refractivity contribution in [3.63, 3.8) is 0 Å². The highest BCUT2D eigenvalue weighted by Gasteiger charge is 2.22. The van der Waals surface area contributed by atoms with Gasteiger partial charge in [-0.05, 0) is 94.5 Å². The molecule has 4 N–H and O–H groups in total. The molecule has 0 radical (unpaired) electrons. The van der Waals surface area contributed by atoms with Crippen LogP contribution in [0.25, 0.3) is 5.70 Å². The predicted octanol–water partition coefficient (Wildman–Crippen LogP) is 5.17. The van der Waals surface area contributed by atoms with Crippen LogP contribution in [0.4, 0.5) is 11.6 Å². The van der Waals surface area contributed by atoms with Gasteiger partial charge in [-0.1, -0.05) is 37.6 Å². The fraction of sp³-hybridized carbons (Fsp3) is 0.324. The van der Waals surface area contributed by atoms with Crippen molar-refractivity contribution < 1.29 is 4.79 Å². The fourth-order valence-corrected chi connectivity index (χ4v) is 4.52. The summed E-state index contributed by atoms with van der Waals surface area (Å²) >= 11 is 0. The van der Waals surface area contributed by atoms with E-state index >= 15 is 0 Å². The van der Waals surface area contributed by atoms with E-state index in [2.05, 4.69) is 21.7 Å². The molecule has 1 heterocycles. The number of hydrogen-bond acceptors (Lipinski definition) is 8. The van der Waals surface area contributed by atoms with Crippen LogP contribution in [-0.4, -0.2) is 25.9 Å². The molecule has 0 bridgehead atoms. The van der Waals surface area contributed by atoms with Crippen LogP contribution in [-0.2, 0) is 11.3 Å². The molecule has 1 aliphatic rings. The molecule has 44 heavy (non-hydrogen) atoms. The van der Waals surface area contributed by atoms with Crippen molar-refractivity contribution in [2.45, 2.75) is 73.9 Å². The average Bonchev–Trinajstić information content (AvgIpc) is 3.00. The van der Waals surface area contributed by atoms with Crippen LogP contribution < -0.4 is 27.7 Å². The molecule has 1 unspecified atom stereocenters. The van der Waals surface area contributed by atoms with Crippen molar-refractivity contribution in [1.29, 1.82) is 5.26 Å². The number of aromatic nitrogens is 3. The maximum Gasteiger partial charge on any atom is 0.359 e. The van der Waals surface area contributed by atoms with Crippen molar-refractivity contribution in [1.82, 2.24) is 19.4 Å². The summed E-state index contributed by atoms with van der Waals surface area (Å²) < 4.78 is 2.23.